The maximum Gasteiger partial charge on any atom is 0.350 e. The lowest BCUT2D eigenvalue weighted by Gasteiger charge is -2.40. The largest absolute Gasteiger partial charge is 0.508 e. The molecule has 19 heteroatoms. The maximum absolute atomic E-state index is 13.7. The number of hydrogen-bond donors (Lipinski definition) is 10. The third kappa shape index (κ3) is 9.40. The zero-order valence-corrected chi connectivity index (χ0v) is 30.8. The molecular weight excluding hydrogens is 784 g/mol. The number of hydrogen-bond acceptors (Lipinski definition) is 19. The van der Waals surface area contributed by atoms with Gasteiger partial charge in [-0.25, -0.2) is 9.59 Å². The molecule has 3 aromatic carbocycles. The highest BCUT2D eigenvalue weighted by Crippen LogP contribution is 2.34. The molecule has 10 N–H and O–H groups in total. The number of carbonyl (C=O) groups excluding carboxylic acids is 3. The summed E-state index contributed by atoms with van der Waals surface area (Å²) in [6, 6.07) is 15.0. The minimum Gasteiger partial charge on any atom is -0.508 e. The number of aromatic hydroxyl groups is 2. The number of aliphatic hydroxyl groups excluding tert-OH is 7. The van der Waals surface area contributed by atoms with Gasteiger partial charge in [-0.05, 0) is 67.1 Å². The van der Waals surface area contributed by atoms with Crippen LogP contribution in [-0.2, 0) is 35.1 Å². The van der Waals surface area contributed by atoms with Crippen LogP contribution in [0.3, 0.4) is 0 Å². The zero-order valence-electron chi connectivity index (χ0n) is 30.8. The maximum atomic E-state index is 13.7. The summed E-state index contributed by atoms with van der Waals surface area (Å²) >= 11 is 0. The molecule has 2 fully saturated rings. The molecule has 19 nitrogen and oxygen atoms in total. The van der Waals surface area contributed by atoms with Crippen LogP contribution >= 0.6 is 0 Å². The van der Waals surface area contributed by atoms with Crippen LogP contribution in [-0.4, -0.2) is 149 Å². The fraction of sp³-hybridized carbons (Fsp3) is 0.375. The molecule has 0 amide bonds. The molecule has 2 heterocycles. The normalized spacial score (nSPS) is 31.4. The number of carbonyl (C=O) groups is 3. The number of benzene rings is 3. The number of phenolic OH excluding ortho intramolecular Hbond substituents is 2. The Hall–Kier alpha value is -5.45. The minimum atomic E-state index is -2.88. The summed E-state index contributed by atoms with van der Waals surface area (Å²) in [5, 5.41) is 104. The molecule has 59 heavy (non-hydrogen) atoms. The second kappa shape index (κ2) is 18.2. The first-order valence-electron chi connectivity index (χ1n) is 18.1. The van der Waals surface area contributed by atoms with E-state index in [2.05, 4.69) is 0 Å². The highest BCUT2D eigenvalue weighted by molar-refractivity contribution is 6.19. The highest BCUT2D eigenvalue weighted by Gasteiger charge is 2.48. The summed E-state index contributed by atoms with van der Waals surface area (Å²) in [6.45, 7) is -2.01. The van der Waals surface area contributed by atoms with Crippen LogP contribution in [0.15, 0.2) is 84.5 Å². The molecule has 1 unspecified atom stereocenters. The molecule has 2 saturated heterocycles. The van der Waals surface area contributed by atoms with E-state index in [9.17, 15) is 65.4 Å². The molecule has 6 rings (SSSR count). The number of esters is 2. The Morgan fingerprint density at radius 1 is 0.746 bits per heavy atom. The van der Waals surface area contributed by atoms with E-state index < -0.39 is 105 Å². The van der Waals surface area contributed by atoms with Crippen molar-refractivity contribution in [3.8, 4) is 23.0 Å². The van der Waals surface area contributed by atoms with Gasteiger partial charge in [-0.2, -0.15) is 0 Å². The van der Waals surface area contributed by atoms with Crippen LogP contribution in [0.4, 0.5) is 0 Å². The van der Waals surface area contributed by atoms with Crippen LogP contribution in [0, 0.1) is 0 Å². The smallest absolute Gasteiger partial charge is 0.350 e. The first-order chi connectivity index (χ1) is 28.1. The van der Waals surface area contributed by atoms with Gasteiger partial charge in [0, 0.05) is 16.7 Å². The Labute approximate surface area is 334 Å². The van der Waals surface area contributed by atoms with Gasteiger partial charge in [0.05, 0.1) is 12.2 Å². The molecule has 3 aliphatic rings. The SMILES string of the molecule is O=C(OC[C@H]1O[C@@H](Oc2ccc(O)cc2COC(=O)C2(O)C=CC/C(=C\c3cc(O)ccc3O[C@@H]3O[C@H](CO)[C@@H](O)[C@H](O)[C@H]3O)C2=O)[C@H](O)[C@@H](O)[C@@H]1O)c1ccccc1. The predicted molar refractivity (Wildman–Crippen MR) is 196 cm³/mol. The summed E-state index contributed by atoms with van der Waals surface area (Å²) in [5.41, 5.74) is -2.92. The van der Waals surface area contributed by atoms with Crippen LogP contribution < -0.4 is 9.47 Å². The van der Waals surface area contributed by atoms with E-state index in [4.69, 9.17) is 28.4 Å². The fourth-order valence-electron chi connectivity index (χ4n) is 6.43. The average molecular weight is 827 g/mol. The predicted octanol–water partition coefficient (Wildman–Crippen LogP) is -1.29. The molecule has 0 aromatic heterocycles. The monoisotopic (exact) mass is 826 g/mol. The Bertz CT molecular complexity index is 2050. The van der Waals surface area contributed by atoms with E-state index in [1.165, 1.54) is 48.6 Å². The number of allylic oxidation sites excluding steroid dienone is 1. The van der Waals surface area contributed by atoms with Gasteiger partial charge in [-0.3, -0.25) is 4.79 Å². The molecule has 0 spiro atoms. The summed E-state index contributed by atoms with van der Waals surface area (Å²) in [5.74, 6) is -4.25. The van der Waals surface area contributed by atoms with Crippen molar-refractivity contribution in [1.82, 2.24) is 0 Å². The van der Waals surface area contributed by atoms with E-state index >= 15 is 0 Å². The highest BCUT2D eigenvalue weighted by atomic mass is 16.7. The molecule has 316 valence electrons. The molecule has 2 aliphatic heterocycles. The number of phenols is 2. The Kier molecular flexibility index (Phi) is 13.3. The standard InChI is InChI=1S/C40H42O19/c41-16-27-29(44)31(46)33(48)37(58-27)56-25-10-8-23(42)14-21(25)13-20-7-4-12-40(53,35(20)50)39(52)55-17-22-15-24(43)9-11-26(22)57-38-34(49)32(47)30(45)28(59-38)18-54-36(51)19-5-2-1-3-6-19/h1-6,8-15,27-34,37-38,41-49,53H,7,16-18H2/b20-13+/t27-,28-,29-,30-,31+,32+,33-,34-,37-,38-,40?/m1/s1. The van der Waals surface area contributed by atoms with E-state index in [-0.39, 0.29) is 51.7 Å². The number of aliphatic hydroxyl groups is 8. The van der Waals surface area contributed by atoms with Gasteiger partial charge in [0.2, 0.25) is 24.0 Å². The molecule has 3 aromatic rings. The topological polar surface area (TPSA) is 309 Å². The van der Waals surface area contributed by atoms with Crippen LogP contribution in [0.5, 0.6) is 23.0 Å². The van der Waals surface area contributed by atoms with E-state index in [1.54, 1.807) is 18.2 Å². The van der Waals surface area contributed by atoms with Crippen LogP contribution in [0.25, 0.3) is 6.08 Å². The van der Waals surface area contributed by atoms with Crippen molar-refractivity contribution in [2.24, 2.45) is 0 Å². The molecular formula is C40H42O19. The third-order valence-corrected chi connectivity index (χ3v) is 9.76. The summed E-state index contributed by atoms with van der Waals surface area (Å²) in [6.07, 6.45) is -13.3. The summed E-state index contributed by atoms with van der Waals surface area (Å²) in [7, 11) is 0. The Balaban J connectivity index is 1.14. The average Bonchev–Trinajstić information content (AvgIpc) is 3.23. The lowest BCUT2D eigenvalue weighted by Crippen LogP contribution is -2.60. The van der Waals surface area contributed by atoms with Crippen molar-refractivity contribution < 1.29 is 93.9 Å². The van der Waals surface area contributed by atoms with Gasteiger partial charge in [-0.15, -0.1) is 0 Å². The van der Waals surface area contributed by atoms with Crippen molar-refractivity contribution in [3.63, 3.8) is 0 Å². The van der Waals surface area contributed by atoms with Gasteiger partial charge in [0.15, 0.2) is 0 Å². The Morgan fingerprint density at radius 2 is 1.34 bits per heavy atom. The number of ether oxygens (including phenoxy) is 6. The molecule has 0 saturated carbocycles. The molecule has 0 radical (unpaired) electrons. The third-order valence-electron chi connectivity index (χ3n) is 9.76. The molecule has 0 bridgehead atoms. The second-order valence-electron chi connectivity index (χ2n) is 13.9. The number of rotatable bonds is 12. The van der Waals surface area contributed by atoms with Gasteiger partial charge in [0.1, 0.15) is 85.0 Å². The van der Waals surface area contributed by atoms with Crippen molar-refractivity contribution in [2.45, 2.75) is 80.0 Å². The molecule has 11 atom stereocenters. The van der Waals surface area contributed by atoms with Gasteiger partial charge >= 0.3 is 11.9 Å². The zero-order chi connectivity index (χ0) is 42.6. The molecule has 1 aliphatic carbocycles. The summed E-state index contributed by atoms with van der Waals surface area (Å²) < 4.78 is 33.0. The second-order valence-corrected chi connectivity index (χ2v) is 13.9. The van der Waals surface area contributed by atoms with E-state index in [0.29, 0.717) is 0 Å². The van der Waals surface area contributed by atoms with Gasteiger partial charge in [-0.1, -0.05) is 24.3 Å². The van der Waals surface area contributed by atoms with E-state index in [0.717, 1.165) is 18.2 Å². The first-order valence-corrected chi connectivity index (χ1v) is 18.1. The van der Waals surface area contributed by atoms with Crippen molar-refractivity contribution in [2.75, 3.05) is 13.2 Å². The lowest BCUT2D eigenvalue weighted by molar-refractivity contribution is -0.277. The van der Waals surface area contributed by atoms with Gasteiger partial charge in [0.25, 0.3) is 0 Å². The Morgan fingerprint density at radius 3 is 2.00 bits per heavy atom. The van der Waals surface area contributed by atoms with Gasteiger partial charge < -0.3 is 79.5 Å². The quantitative estimate of drug-likeness (QED) is 0.0439. The summed E-state index contributed by atoms with van der Waals surface area (Å²) in [4.78, 5) is 39.5. The lowest BCUT2D eigenvalue weighted by atomic mass is 9.85. The van der Waals surface area contributed by atoms with Crippen molar-refractivity contribution in [3.05, 3.63) is 101 Å². The van der Waals surface area contributed by atoms with E-state index in [1.807, 2.05) is 0 Å². The van der Waals surface area contributed by atoms with Crippen LogP contribution in [0.2, 0.25) is 0 Å². The number of ketones is 1. The van der Waals surface area contributed by atoms with Crippen molar-refractivity contribution in [1.29, 1.82) is 0 Å². The fourth-order valence-corrected chi connectivity index (χ4v) is 6.43. The van der Waals surface area contributed by atoms with Crippen molar-refractivity contribution >= 4 is 23.8 Å². The number of Topliss-reactive ketones (excluding diaryl/α,β-unsaturated/α-hetero) is 1. The van der Waals surface area contributed by atoms with Crippen LogP contribution in [0.1, 0.15) is 27.9 Å². The first kappa shape index (κ1) is 43.1. The minimum absolute atomic E-state index is 0.000712.